The Bertz CT molecular complexity index is 1470. The lowest BCUT2D eigenvalue weighted by atomic mass is 10.1. The van der Waals surface area contributed by atoms with Crippen molar-refractivity contribution in [2.45, 2.75) is 49.6 Å². The standard InChI is InChI=1S/C23H28ClFN7O6PS/c1-4-35-19(33)12(2)31-39(40,37-13-8-6-5-7-9-13)38-20-22(10-24)23(20,34)15(25)18(36-22)32-11-28-14-16(27-3)29-21(26)30-17(14)32/h5-9,11-12,15,18,20,34H,4,10H2,1-3H3,(H,31,40)(H3,26,27,29,30)/t12-,15-,18+,20+,22+,23+,39?/m0/s1. The van der Waals surface area contributed by atoms with Crippen molar-refractivity contribution in [1.29, 1.82) is 0 Å². The van der Waals surface area contributed by atoms with Crippen LogP contribution in [0, 0.1) is 0 Å². The van der Waals surface area contributed by atoms with E-state index in [-0.39, 0.29) is 24.1 Å². The Balaban J connectivity index is 1.44. The summed E-state index contributed by atoms with van der Waals surface area (Å²) in [6.45, 7) is -0.284. The first-order chi connectivity index (χ1) is 19.0. The van der Waals surface area contributed by atoms with Gasteiger partial charge in [0.25, 0.3) is 0 Å². The summed E-state index contributed by atoms with van der Waals surface area (Å²) in [5.41, 5.74) is 2.44. The number of nitrogens with one attached hydrogen (secondary N) is 2. The molecule has 3 aromatic rings. The van der Waals surface area contributed by atoms with Gasteiger partial charge in [0.2, 0.25) is 5.95 Å². The van der Waals surface area contributed by atoms with Crippen LogP contribution in [0.15, 0.2) is 36.7 Å². The monoisotopic (exact) mass is 615 g/mol. The van der Waals surface area contributed by atoms with Gasteiger partial charge in [-0.1, -0.05) is 18.2 Å². The second kappa shape index (κ2) is 10.6. The number of carbonyl (C=O) groups is 1. The van der Waals surface area contributed by atoms with Crippen LogP contribution in [0.5, 0.6) is 5.75 Å². The zero-order valence-electron chi connectivity index (χ0n) is 21.7. The maximum absolute atomic E-state index is 16.1. The normalized spacial score (nSPS) is 29.4. The first kappa shape index (κ1) is 28.9. The molecule has 0 bridgehead atoms. The molecule has 0 amide bonds. The SMILES string of the molecule is CCOC(=O)[C@H](C)NP(=S)(Oc1ccccc1)O[C@H]1[C@]2(O)[C@@H](F)[C@H](n3cnc4c(NC)nc(N)nc43)O[C@]12CCl. The summed E-state index contributed by atoms with van der Waals surface area (Å²) in [6, 6.07) is 7.57. The first-order valence-electron chi connectivity index (χ1n) is 12.3. The number of anilines is 2. The van der Waals surface area contributed by atoms with Crippen LogP contribution in [0.25, 0.3) is 11.2 Å². The van der Waals surface area contributed by atoms with Crippen molar-refractivity contribution >= 4 is 58.9 Å². The second-order valence-corrected chi connectivity index (χ2v) is 12.6. The van der Waals surface area contributed by atoms with Gasteiger partial charge in [0.1, 0.15) is 23.5 Å². The van der Waals surface area contributed by atoms with Crippen LogP contribution < -0.4 is 20.7 Å². The van der Waals surface area contributed by atoms with Gasteiger partial charge in [0.05, 0.1) is 18.8 Å². The second-order valence-electron chi connectivity index (χ2n) is 9.25. The highest BCUT2D eigenvalue weighted by atomic mass is 35.5. The number of ether oxygens (including phenoxy) is 2. The number of nitrogen functional groups attached to an aromatic ring is 1. The summed E-state index contributed by atoms with van der Waals surface area (Å²) >= 11 is 12.0. The van der Waals surface area contributed by atoms with Crippen LogP contribution in [0.1, 0.15) is 20.1 Å². The van der Waals surface area contributed by atoms with E-state index < -0.39 is 48.4 Å². The minimum absolute atomic E-state index is 0.0651. The highest BCUT2D eigenvalue weighted by molar-refractivity contribution is 8.09. The molecule has 13 nitrogen and oxygen atoms in total. The number of hydrogen-bond donors (Lipinski definition) is 4. The Labute approximate surface area is 238 Å². The highest BCUT2D eigenvalue weighted by Crippen LogP contribution is 2.69. The molecule has 1 aliphatic heterocycles. The number of benzene rings is 1. The van der Waals surface area contributed by atoms with Crippen LogP contribution >= 0.6 is 18.2 Å². The molecule has 17 heteroatoms. The molecule has 1 unspecified atom stereocenters. The molecular formula is C23H28ClFN7O6PS. The molecule has 1 saturated carbocycles. The smallest absolute Gasteiger partial charge is 0.323 e. The summed E-state index contributed by atoms with van der Waals surface area (Å²) in [5.74, 6) is -0.320. The van der Waals surface area contributed by atoms with E-state index in [0.29, 0.717) is 17.1 Å². The molecular weight excluding hydrogens is 588 g/mol. The molecule has 216 valence electrons. The average molecular weight is 616 g/mol. The van der Waals surface area contributed by atoms with Crippen LogP contribution in [-0.2, 0) is 30.6 Å². The van der Waals surface area contributed by atoms with Gasteiger partial charge < -0.3 is 30.2 Å². The van der Waals surface area contributed by atoms with E-state index in [9.17, 15) is 9.90 Å². The quantitative estimate of drug-likeness (QED) is 0.141. The lowest BCUT2D eigenvalue weighted by Gasteiger charge is -2.29. The molecule has 1 aromatic carbocycles. The third-order valence-corrected chi connectivity index (χ3v) is 9.61. The summed E-state index contributed by atoms with van der Waals surface area (Å²) < 4.78 is 40.7. The van der Waals surface area contributed by atoms with Crippen molar-refractivity contribution in [3.8, 4) is 5.75 Å². The Morgan fingerprint density at radius 2 is 2.12 bits per heavy atom. The van der Waals surface area contributed by atoms with Gasteiger partial charge in [-0.25, -0.2) is 14.5 Å². The van der Waals surface area contributed by atoms with Crippen molar-refractivity contribution < 1.29 is 32.8 Å². The van der Waals surface area contributed by atoms with Gasteiger partial charge in [-0.3, -0.25) is 13.9 Å². The number of nitrogens with zero attached hydrogens (tertiary/aromatic N) is 4. The van der Waals surface area contributed by atoms with Gasteiger partial charge in [0, 0.05) is 7.05 Å². The number of para-hydroxylation sites is 1. The maximum Gasteiger partial charge on any atom is 0.323 e. The van der Waals surface area contributed by atoms with E-state index in [0.717, 1.165) is 0 Å². The predicted molar refractivity (Wildman–Crippen MR) is 148 cm³/mol. The number of imidazole rings is 1. The highest BCUT2D eigenvalue weighted by Gasteiger charge is 2.89. The summed E-state index contributed by atoms with van der Waals surface area (Å²) in [6.07, 6.45) is -3.44. The molecule has 1 saturated heterocycles. The maximum atomic E-state index is 16.1. The average Bonchev–Trinajstić information content (AvgIpc) is 3.17. The van der Waals surface area contributed by atoms with E-state index in [1.807, 2.05) is 0 Å². The lowest BCUT2D eigenvalue weighted by molar-refractivity contribution is -0.144. The van der Waals surface area contributed by atoms with E-state index in [1.165, 1.54) is 17.8 Å². The first-order valence-corrected chi connectivity index (χ1v) is 15.5. The Morgan fingerprint density at radius 3 is 2.75 bits per heavy atom. The molecule has 0 spiro atoms. The van der Waals surface area contributed by atoms with Gasteiger partial charge in [-0.15, -0.1) is 11.6 Å². The number of esters is 1. The fourth-order valence-corrected chi connectivity index (χ4v) is 7.92. The third kappa shape index (κ3) is 4.59. The van der Waals surface area contributed by atoms with E-state index in [2.05, 4.69) is 25.4 Å². The molecule has 40 heavy (non-hydrogen) atoms. The number of fused-ring (bicyclic) bond motifs is 2. The minimum atomic E-state index is -3.63. The van der Waals surface area contributed by atoms with E-state index in [4.69, 9.17) is 47.7 Å². The number of aliphatic hydroxyl groups is 1. The zero-order chi connectivity index (χ0) is 28.9. The van der Waals surface area contributed by atoms with Crippen LogP contribution in [0.2, 0.25) is 0 Å². The zero-order valence-corrected chi connectivity index (χ0v) is 24.1. The number of carbonyl (C=O) groups excluding carboxylic acids is 1. The van der Waals surface area contributed by atoms with Crippen LogP contribution in [0.4, 0.5) is 16.2 Å². The molecule has 0 radical (unpaired) electrons. The molecule has 2 aromatic heterocycles. The molecule has 1 aliphatic carbocycles. The molecule has 5 rings (SSSR count). The predicted octanol–water partition coefficient (Wildman–Crippen LogP) is 2.27. The summed E-state index contributed by atoms with van der Waals surface area (Å²) in [4.78, 5) is 24.8. The van der Waals surface area contributed by atoms with Crippen molar-refractivity contribution in [1.82, 2.24) is 24.6 Å². The number of aromatic nitrogens is 4. The third-order valence-electron chi connectivity index (χ3n) is 6.77. The summed E-state index contributed by atoms with van der Waals surface area (Å²) in [5, 5.41) is 17.3. The Kier molecular flexibility index (Phi) is 7.68. The topological polar surface area (TPSA) is 168 Å². The Hall–Kier alpha value is -2.65. The number of rotatable bonds is 11. The van der Waals surface area contributed by atoms with Gasteiger partial charge in [0.15, 0.2) is 35.0 Å². The Morgan fingerprint density at radius 1 is 1.40 bits per heavy atom. The van der Waals surface area contributed by atoms with Gasteiger partial charge in [-0.2, -0.15) is 9.97 Å². The fraction of sp³-hybridized carbons (Fsp3) is 0.478. The number of nitrogens with two attached hydrogens (primary N) is 1. The van der Waals surface area contributed by atoms with Crippen LogP contribution in [0.3, 0.4) is 0 Å². The molecule has 2 fully saturated rings. The number of halogens is 2. The number of hydrogen-bond acceptors (Lipinski definition) is 12. The summed E-state index contributed by atoms with van der Waals surface area (Å²) in [7, 11) is 1.63. The fourth-order valence-electron chi connectivity index (χ4n) is 4.77. The molecule has 5 N–H and O–H groups in total. The van der Waals surface area contributed by atoms with Gasteiger partial charge >= 0.3 is 12.6 Å². The lowest BCUT2D eigenvalue weighted by Crippen LogP contribution is -2.38. The molecule has 3 heterocycles. The van der Waals surface area contributed by atoms with Gasteiger partial charge in [-0.05, 0) is 37.8 Å². The van der Waals surface area contributed by atoms with E-state index in [1.54, 1.807) is 44.3 Å². The van der Waals surface area contributed by atoms with Crippen molar-refractivity contribution in [2.75, 3.05) is 30.6 Å². The largest absolute Gasteiger partial charge is 0.465 e. The number of alkyl halides is 2. The van der Waals surface area contributed by atoms with Crippen LogP contribution in [-0.4, -0.2) is 79.6 Å². The van der Waals surface area contributed by atoms with Crippen molar-refractivity contribution in [2.24, 2.45) is 0 Å². The molecule has 7 atom stereocenters. The molecule has 2 aliphatic rings. The van der Waals surface area contributed by atoms with E-state index >= 15 is 4.39 Å². The van der Waals surface area contributed by atoms with Crippen molar-refractivity contribution in [3.05, 3.63) is 36.7 Å². The minimum Gasteiger partial charge on any atom is -0.465 e. The van der Waals surface area contributed by atoms with Crippen molar-refractivity contribution in [3.63, 3.8) is 0 Å².